The lowest BCUT2D eigenvalue weighted by Gasteiger charge is -1.99. The van der Waals surface area contributed by atoms with Gasteiger partial charge in [-0.25, -0.2) is 9.79 Å². The van der Waals surface area contributed by atoms with Gasteiger partial charge in [-0.3, -0.25) is 10.1 Å². The van der Waals surface area contributed by atoms with Crippen molar-refractivity contribution in [1.82, 2.24) is 0 Å². The van der Waals surface area contributed by atoms with Crippen molar-refractivity contribution in [3.63, 3.8) is 0 Å². The molecule has 0 saturated heterocycles. The molecular weight excluding hydrogens is 296 g/mol. The minimum absolute atomic E-state index is 0.00187. The normalized spacial score (nSPS) is 15.4. The van der Waals surface area contributed by atoms with E-state index in [4.69, 9.17) is 4.74 Å². The predicted molar refractivity (Wildman–Crippen MR) is 84.9 cm³/mol. The molecule has 1 aliphatic heterocycles. The van der Waals surface area contributed by atoms with E-state index in [1.54, 1.807) is 31.2 Å². The lowest BCUT2D eigenvalue weighted by Crippen LogP contribution is -2.04. The van der Waals surface area contributed by atoms with E-state index in [1.165, 1.54) is 12.1 Å². The third-order valence-electron chi connectivity index (χ3n) is 3.37. The molecule has 0 unspecified atom stereocenters. The van der Waals surface area contributed by atoms with E-state index < -0.39 is 10.9 Å². The molecule has 114 valence electrons. The summed E-state index contributed by atoms with van der Waals surface area (Å²) in [5.74, 6) is -0.351. The number of nitrogens with zero attached hydrogens (tertiary/aromatic N) is 2. The van der Waals surface area contributed by atoms with Crippen LogP contribution in [0.1, 0.15) is 16.7 Å². The number of hydrogen-bond donors (Lipinski definition) is 0. The van der Waals surface area contributed by atoms with Crippen molar-refractivity contribution < 1.29 is 14.5 Å². The van der Waals surface area contributed by atoms with Crippen molar-refractivity contribution in [3.05, 3.63) is 81.0 Å². The van der Waals surface area contributed by atoms with Gasteiger partial charge in [-0.2, -0.15) is 0 Å². The van der Waals surface area contributed by atoms with Crippen LogP contribution in [0.3, 0.4) is 0 Å². The zero-order valence-electron chi connectivity index (χ0n) is 12.2. The van der Waals surface area contributed by atoms with Crippen molar-refractivity contribution in [3.8, 4) is 0 Å². The number of esters is 1. The molecule has 0 amide bonds. The lowest BCUT2D eigenvalue weighted by atomic mass is 10.1. The molecule has 1 heterocycles. The average molecular weight is 308 g/mol. The van der Waals surface area contributed by atoms with E-state index in [0.29, 0.717) is 16.7 Å². The quantitative estimate of drug-likeness (QED) is 0.377. The first-order valence-corrected chi connectivity index (χ1v) is 6.87. The van der Waals surface area contributed by atoms with Gasteiger partial charge < -0.3 is 4.74 Å². The molecule has 23 heavy (non-hydrogen) atoms. The Morgan fingerprint density at radius 3 is 2.61 bits per heavy atom. The van der Waals surface area contributed by atoms with E-state index in [-0.39, 0.29) is 17.3 Å². The smallest absolute Gasteiger partial charge is 0.363 e. The van der Waals surface area contributed by atoms with E-state index in [1.807, 2.05) is 18.2 Å². The number of nitro benzene ring substituents is 1. The Balaban J connectivity index is 1.97. The number of carbonyl (C=O) groups is 1. The van der Waals surface area contributed by atoms with Gasteiger partial charge in [0.15, 0.2) is 5.70 Å². The molecule has 2 aromatic rings. The van der Waals surface area contributed by atoms with Crippen molar-refractivity contribution in [1.29, 1.82) is 0 Å². The summed E-state index contributed by atoms with van der Waals surface area (Å²) in [6, 6.07) is 13.8. The molecule has 0 saturated carbocycles. The van der Waals surface area contributed by atoms with Crippen molar-refractivity contribution >= 4 is 23.6 Å². The molecule has 6 nitrogen and oxygen atoms in total. The first-order valence-electron chi connectivity index (χ1n) is 6.87. The van der Waals surface area contributed by atoms with E-state index in [9.17, 15) is 14.9 Å². The fourth-order valence-electron chi connectivity index (χ4n) is 2.18. The Morgan fingerprint density at radius 2 is 1.91 bits per heavy atom. The van der Waals surface area contributed by atoms with Crippen LogP contribution in [0.5, 0.6) is 0 Å². The predicted octanol–water partition coefficient (Wildman–Crippen LogP) is 3.25. The fraction of sp³-hybridized carbons (Fsp3) is 0.0588. The van der Waals surface area contributed by atoms with Crippen LogP contribution in [0.4, 0.5) is 5.69 Å². The molecule has 0 bridgehead atoms. The number of aliphatic imine (C=N–C) groups is 1. The molecule has 1 aliphatic rings. The maximum absolute atomic E-state index is 11.9. The van der Waals surface area contributed by atoms with Gasteiger partial charge in [0.2, 0.25) is 5.90 Å². The molecule has 6 heteroatoms. The molecule has 0 spiro atoms. The molecule has 0 N–H and O–H groups in total. The molecule has 0 fully saturated rings. The SMILES string of the molecule is Cc1ccc(/C=C2\N=C(c3ccccc3)OC2=O)cc1[N+](=O)[O-]. The maximum Gasteiger partial charge on any atom is 0.363 e. The number of carbonyl (C=O) groups excluding carboxylic acids is 1. The van der Waals surface area contributed by atoms with Gasteiger partial charge in [0.05, 0.1) is 4.92 Å². The van der Waals surface area contributed by atoms with Gasteiger partial charge in [0, 0.05) is 17.2 Å². The minimum Gasteiger partial charge on any atom is -0.402 e. The summed E-state index contributed by atoms with van der Waals surface area (Å²) in [5.41, 5.74) is 1.88. The van der Waals surface area contributed by atoms with Crippen LogP contribution in [0.15, 0.2) is 59.2 Å². The zero-order valence-corrected chi connectivity index (χ0v) is 12.2. The first kappa shape index (κ1) is 14.6. The summed E-state index contributed by atoms with van der Waals surface area (Å²) in [6.07, 6.45) is 1.48. The monoisotopic (exact) mass is 308 g/mol. The Labute approximate surface area is 131 Å². The maximum atomic E-state index is 11.9. The Morgan fingerprint density at radius 1 is 1.17 bits per heavy atom. The number of ether oxygens (including phenoxy) is 1. The summed E-state index contributed by atoms with van der Waals surface area (Å²) < 4.78 is 5.14. The minimum atomic E-state index is -0.577. The van der Waals surface area contributed by atoms with Gasteiger partial charge in [0.1, 0.15) is 0 Å². The molecule has 0 atom stereocenters. The van der Waals surface area contributed by atoms with Crippen LogP contribution in [0.25, 0.3) is 6.08 Å². The molecular formula is C17H12N2O4. The number of benzene rings is 2. The third kappa shape index (κ3) is 3.01. The summed E-state index contributed by atoms with van der Waals surface area (Å²) in [5, 5.41) is 11.0. The number of aryl methyl sites for hydroxylation is 1. The van der Waals surface area contributed by atoms with Crippen LogP contribution < -0.4 is 0 Å². The van der Waals surface area contributed by atoms with E-state index in [0.717, 1.165) is 0 Å². The van der Waals surface area contributed by atoms with Gasteiger partial charge in [0.25, 0.3) is 5.69 Å². The van der Waals surface area contributed by atoms with Gasteiger partial charge in [-0.05, 0) is 30.7 Å². The largest absolute Gasteiger partial charge is 0.402 e. The second-order valence-electron chi connectivity index (χ2n) is 5.01. The summed E-state index contributed by atoms with van der Waals surface area (Å²) in [7, 11) is 0. The number of rotatable bonds is 3. The zero-order chi connectivity index (χ0) is 16.4. The second kappa shape index (κ2) is 5.84. The summed E-state index contributed by atoms with van der Waals surface area (Å²) in [6.45, 7) is 1.66. The van der Waals surface area contributed by atoms with Crippen LogP contribution in [-0.2, 0) is 9.53 Å². The standard InChI is InChI=1S/C17H12N2O4/c1-11-7-8-12(10-15(11)19(21)22)9-14-17(20)23-16(18-14)13-5-3-2-4-6-13/h2-10H,1H3/b14-9-. The number of nitro groups is 1. The number of hydrogen-bond acceptors (Lipinski definition) is 5. The van der Waals surface area contributed by atoms with Gasteiger partial charge >= 0.3 is 5.97 Å². The van der Waals surface area contributed by atoms with Crippen molar-refractivity contribution in [2.24, 2.45) is 4.99 Å². The summed E-state index contributed by atoms with van der Waals surface area (Å²) in [4.78, 5) is 26.6. The molecule has 0 radical (unpaired) electrons. The topological polar surface area (TPSA) is 81.8 Å². The van der Waals surface area contributed by atoms with Crippen LogP contribution in [-0.4, -0.2) is 16.8 Å². The van der Waals surface area contributed by atoms with Gasteiger partial charge in [-0.1, -0.05) is 30.3 Å². The fourth-order valence-corrected chi connectivity index (χ4v) is 2.18. The second-order valence-corrected chi connectivity index (χ2v) is 5.01. The molecule has 0 aromatic heterocycles. The molecule has 3 rings (SSSR count). The highest BCUT2D eigenvalue weighted by molar-refractivity contribution is 6.12. The summed E-state index contributed by atoms with van der Waals surface area (Å²) >= 11 is 0. The average Bonchev–Trinajstić information content (AvgIpc) is 2.91. The third-order valence-corrected chi connectivity index (χ3v) is 3.37. The van der Waals surface area contributed by atoms with Gasteiger partial charge in [-0.15, -0.1) is 0 Å². The van der Waals surface area contributed by atoms with Crippen molar-refractivity contribution in [2.45, 2.75) is 6.92 Å². The van der Waals surface area contributed by atoms with E-state index >= 15 is 0 Å². The molecule has 2 aromatic carbocycles. The van der Waals surface area contributed by atoms with Crippen LogP contribution in [0.2, 0.25) is 0 Å². The highest BCUT2D eigenvalue weighted by Gasteiger charge is 2.24. The number of cyclic esters (lactones) is 1. The lowest BCUT2D eigenvalue weighted by molar-refractivity contribution is -0.385. The van der Waals surface area contributed by atoms with Crippen molar-refractivity contribution in [2.75, 3.05) is 0 Å². The Kier molecular flexibility index (Phi) is 3.72. The van der Waals surface area contributed by atoms with E-state index in [2.05, 4.69) is 4.99 Å². The molecule has 0 aliphatic carbocycles. The highest BCUT2D eigenvalue weighted by atomic mass is 16.6. The van der Waals surface area contributed by atoms with Crippen LogP contribution >= 0.6 is 0 Å². The highest BCUT2D eigenvalue weighted by Crippen LogP contribution is 2.23. The Bertz CT molecular complexity index is 854. The van der Waals surface area contributed by atoms with Crippen LogP contribution in [0, 0.1) is 17.0 Å². The first-order chi connectivity index (χ1) is 11.0. The Hall–Kier alpha value is -3.28.